The molecule has 0 bridgehead atoms. The smallest absolute Gasteiger partial charge is 0.332 e. The van der Waals surface area contributed by atoms with Gasteiger partial charge in [-0.2, -0.15) is 4.98 Å². The third kappa shape index (κ3) is 2.60. The Hall–Kier alpha value is -2.35. The van der Waals surface area contributed by atoms with Crippen molar-refractivity contribution in [2.45, 2.75) is 46.7 Å². The largest absolute Gasteiger partial charge is 0.380 e. The maximum absolute atomic E-state index is 13.0. The first-order chi connectivity index (χ1) is 11.9. The highest BCUT2D eigenvalue weighted by atomic mass is 16.5. The van der Waals surface area contributed by atoms with Gasteiger partial charge in [0.25, 0.3) is 5.56 Å². The van der Waals surface area contributed by atoms with E-state index in [2.05, 4.69) is 23.4 Å². The molecule has 3 aromatic rings. The second kappa shape index (κ2) is 6.51. The van der Waals surface area contributed by atoms with Gasteiger partial charge in [-0.15, -0.1) is 0 Å². The van der Waals surface area contributed by atoms with Crippen molar-refractivity contribution in [2.24, 2.45) is 7.05 Å². The van der Waals surface area contributed by atoms with Crippen LogP contribution in [0.3, 0.4) is 0 Å². The van der Waals surface area contributed by atoms with E-state index in [-0.39, 0.29) is 23.8 Å². The monoisotopic (exact) mass is 347 g/mol. The van der Waals surface area contributed by atoms with Crippen molar-refractivity contribution >= 4 is 16.9 Å². The zero-order chi connectivity index (χ0) is 18.3. The molecule has 0 saturated carbocycles. The molecule has 3 heterocycles. The van der Waals surface area contributed by atoms with Crippen molar-refractivity contribution in [3.8, 4) is 0 Å². The first-order valence-electron chi connectivity index (χ1n) is 8.69. The average Bonchev–Trinajstić information content (AvgIpc) is 3.10. The molecule has 8 heteroatoms. The van der Waals surface area contributed by atoms with Gasteiger partial charge in [-0.1, -0.05) is 6.92 Å². The maximum atomic E-state index is 13.0. The van der Waals surface area contributed by atoms with E-state index in [1.54, 1.807) is 11.4 Å². The lowest BCUT2D eigenvalue weighted by Crippen LogP contribution is -2.40. The summed E-state index contributed by atoms with van der Waals surface area (Å²) in [6, 6.07) is 0.256. The Bertz CT molecular complexity index is 1040. The summed E-state index contributed by atoms with van der Waals surface area (Å²) in [5.74, 6) is 0.691. The topological polar surface area (TPSA) is 75.5 Å². The molecule has 0 fully saturated rings. The number of aryl methyl sites for hydroxylation is 2. The van der Waals surface area contributed by atoms with Crippen molar-refractivity contribution in [1.82, 2.24) is 23.1 Å². The summed E-state index contributed by atoms with van der Waals surface area (Å²) in [6.45, 7) is 9.21. The summed E-state index contributed by atoms with van der Waals surface area (Å²) >= 11 is 0. The van der Waals surface area contributed by atoms with Crippen LogP contribution < -0.4 is 11.2 Å². The Balaban J connectivity index is 2.32. The molecule has 0 N–H and O–H groups in total. The minimum Gasteiger partial charge on any atom is -0.380 e. The Kier molecular flexibility index (Phi) is 4.55. The molecule has 0 aromatic carbocycles. The zero-order valence-electron chi connectivity index (χ0n) is 15.4. The van der Waals surface area contributed by atoms with Crippen LogP contribution in [-0.2, 0) is 18.3 Å². The van der Waals surface area contributed by atoms with E-state index in [1.807, 2.05) is 20.0 Å². The molecule has 0 spiro atoms. The van der Waals surface area contributed by atoms with E-state index in [9.17, 15) is 9.59 Å². The molecule has 0 aliphatic carbocycles. The fourth-order valence-corrected chi connectivity index (χ4v) is 3.25. The lowest BCUT2D eigenvalue weighted by atomic mass is 10.2. The lowest BCUT2D eigenvalue weighted by Gasteiger charge is -2.12. The zero-order valence-corrected chi connectivity index (χ0v) is 15.4. The van der Waals surface area contributed by atoms with E-state index >= 15 is 0 Å². The van der Waals surface area contributed by atoms with Crippen molar-refractivity contribution in [3.05, 3.63) is 32.7 Å². The molecule has 0 aliphatic rings. The van der Waals surface area contributed by atoms with Gasteiger partial charge in [0.05, 0.1) is 13.2 Å². The molecule has 8 nitrogen and oxygen atoms in total. The van der Waals surface area contributed by atoms with Crippen molar-refractivity contribution in [1.29, 1.82) is 0 Å². The van der Waals surface area contributed by atoms with E-state index < -0.39 is 0 Å². The van der Waals surface area contributed by atoms with Crippen LogP contribution in [-0.4, -0.2) is 36.3 Å². The van der Waals surface area contributed by atoms with Crippen LogP contribution in [0.4, 0.5) is 0 Å². The normalized spacial score (nSPS) is 13.2. The predicted octanol–water partition coefficient (Wildman–Crippen LogP) is 1.47. The van der Waals surface area contributed by atoms with Crippen molar-refractivity contribution in [2.75, 3.05) is 13.2 Å². The number of hydrogen-bond donors (Lipinski definition) is 0. The van der Waals surface area contributed by atoms with Gasteiger partial charge in [0.2, 0.25) is 5.78 Å². The Morgan fingerprint density at radius 1 is 1.28 bits per heavy atom. The average molecular weight is 347 g/mol. The SMILES string of the molecule is CCOCCn1c(=O)c2c(nc3n([C@@H](C)CC)c(C)cn23)n(C)c1=O. The summed E-state index contributed by atoms with van der Waals surface area (Å²) in [7, 11) is 1.65. The molecule has 136 valence electrons. The highest BCUT2D eigenvalue weighted by molar-refractivity contribution is 5.75. The van der Waals surface area contributed by atoms with Crippen molar-refractivity contribution < 1.29 is 4.74 Å². The van der Waals surface area contributed by atoms with Gasteiger partial charge in [-0.05, 0) is 27.2 Å². The number of ether oxygens (including phenoxy) is 1. The second-order valence-corrected chi connectivity index (χ2v) is 6.35. The first-order valence-corrected chi connectivity index (χ1v) is 8.69. The molecule has 1 atom stereocenters. The molecule has 0 amide bonds. The maximum Gasteiger partial charge on any atom is 0.332 e. The summed E-state index contributed by atoms with van der Waals surface area (Å²) in [5, 5.41) is 0. The standard InChI is InChI=1S/C17H25N5O3/c1-6-11(3)22-12(4)10-21-13-14(18-16(21)22)19(5)17(24)20(15(13)23)8-9-25-7-2/h10-11H,6-9H2,1-5H3/t11-/m0/s1. The highest BCUT2D eigenvalue weighted by Gasteiger charge is 2.21. The Morgan fingerprint density at radius 2 is 2.00 bits per heavy atom. The van der Waals surface area contributed by atoms with Crippen LogP contribution in [0.15, 0.2) is 15.8 Å². The fourth-order valence-electron chi connectivity index (χ4n) is 3.25. The van der Waals surface area contributed by atoms with E-state index in [0.29, 0.717) is 30.2 Å². The number of fused-ring (bicyclic) bond motifs is 3. The quantitative estimate of drug-likeness (QED) is 0.633. The Labute approximate surface area is 145 Å². The highest BCUT2D eigenvalue weighted by Crippen LogP contribution is 2.21. The number of rotatable bonds is 6. The second-order valence-electron chi connectivity index (χ2n) is 6.35. The van der Waals surface area contributed by atoms with Gasteiger partial charge in [0, 0.05) is 31.6 Å². The minimum absolute atomic E-state index is 0.230. The first kappa shape index (κ1) is 17.5. The molecule has 0 aliphatic heterocycles. The molecular weight excluding hydrogens is 322 g/mol. The van der Waals surface area contributed by atoms with Crippen LogP contribution in [0.5, 0.6) is 0 Å². The van der Waals surface area contributed by atoms with Crippen LogP contribution in [0.25, 0.3) is 16.9 Å². The van der Waals surface area contributed by atoms with Gasteiger partial charge in [-0.25, -0.2) is 4.79 Å². The van der Waals surface area contributed by atoms with Crippen LogP contribution in [0.2, 0.25) is 0 Å². The van der Waals surface area contributed by atoms with E-state index in [0.717, 1.165) is 12.1 Å². The fraction of sp³-hybridized carbons (Fsp3) is 0.588. The summed E-state index contributed by atoms with van der Waals surface area (Å²) in [6.07, 6.45) is 2.86. The molecule has 0 unspecified atom stereocenters. The van der Waals surface area contributed by atoms with Gasteiger partial charge < -0.3 is 9.30 Å². The van der Waals surface area contributed by atoms with Gasteiger partial charge >= 0.3 is 5.69 Å². The van der Waals surface area contributed by atoms with Gasteiger partial charge in [0.15, 0.2) is 11.2 Å². The number of aromatic nitrogens is 5. The minimum atomic E-state index is -0.371. The lowest BCUT2D eigenvalue weighted by molar-refractivity contribution is 0.137. The third-order valence-electron chi connectivity index (χ3n) is 4.76. The van der Waals surface area contributed by atoms with Crippen LogP contribution in [0, 0.1) is 6.92 Å². The molecule has 0 radical (unpaired) electrons. The van der Waals surface area contributed by atoms with Crippen LogP contribution >= 0.6 is 0 Å². The molecule has 0 saturated heterocycles. The van der Waals surface area contributed by atoms with Gasteiger partial charge in [-0.3, -0.25) is 18.3 Å². The molecule has 3 rings (SSSR count). The molecular formula is C17H25N5O3. The third-order valence-corrected chi connectivity index (χ3v) is 4.76. The number of imidazole rings is 2. The predicted molar refractivity (Wildman–Crippen MR) is 96.4 cm³/mol. The number of nitrogens with zero attached hydrogens (tertiary/aromatic N) is 5. The molecule has 3 aromatic heterocycles. The van der Waals surface area contributed by atoms with Crippen LogP contribution in [0.1, 0.15) is 38.9 Å². The Morgan fingerprint density at radius 3 is 2.64 bits per heavy atom. The van der Waals surface area contributed by atoms with E-state index in [1.165, 1.54) is 9.13 Å². The summed E-state index contributed by atoms with van der Waals surface area (Å²) < 4.78 is 11.9. The van der Waals surface area contributed by atoms with Crippen molar-refractivity contribution in [3.63, 3.8) is 0 Å². The summed E-state index contributed by atoms with van der Waals surface area (Å²) in [4.78, 5) is 30.1. The summed E-state index contributed by atoms with van der Waals surface area (Å²) in [5.41, 5.74) is 1.18. The molecule has 25 heavy (non-hydrogen) atoms. The van der Waals surface area contributed by atoms with Gasteiger partial charge in [0.1, 0.15) is 0 Å². The van der Waals surface area contributed by atoms with E-state index in [4.69, 9.17) is 4.74 Å². The number of hydrogen-bond acceptors (Lipinski definition) is 4.